The molecule has 3 aromatic carbocycles. The van der Waals surface area contributed by atoms with Gasteiger partial charge >= 0.3 is 6.18 Å². The summed E-state index contributed by atoms with van der Waals surface area (Å²) in [7, 11) is 0. The zero-order chi connectivity index (χ0) is 17.3. The van der Waals surface area contributed by atoms with Gasteiger partial charge in [0.15, 0.2) is 0 Å². The van der Waals surface area contributed by atoms with Crippen molar-refractivity contribution in [3.63, 3.8) is 0 Å². The fraction of sp³-hybridized carbons (Fsp3) is 0.0556. The zero-order valence-electron chi connectivity index (χ0n) is 12.2. The minimum absolute atomic E-state index is 0.0385. The summed E-state index contributed by atoms with van der Waals surface area (Å²) in [5, 5.41) is 4.07. The number of benzene rings is 3. The van der Waals surface area contributed by atoms with Gasteiger partial charge in [-0.05, 0) is 35.0 Å². The second kappa shape index (κ2) is 6.17. The predicted molar refractivity (Wildman–Crippen MR) is 88.4 cm³/mol. The van der Waals surface area contributed by atoms with Gasteiger partial charge in [0.1, 0.15) is 0 Å². The predicted octanol–water partition coefficient (Wildman–Crippen LogP) is 5.76. The summed E-state index contributed by atoms with van der Waals surface area (Å²) in [6, 6.07) is 15.2. The lowest BCUT2D eigenvalue weighted by Gasteiger charge is -2.12. The van der Waals surface area contributed by atoms with Crippen molar-refractivity contribution < 1.29 is 18.0 Å². The number of amides is 1. The van der Waals surface area contributed by atoms with Crippen molar-refractivity contribution in [2.45, 2.75) is 6.18 Å². The van der Waals surface area contributed by atoms with Gasteiger partial charge in [0, 0.05) is 5.56 Å². The van der Waals surface area contributed by atoms with Crippen LogP contribution >= 0.6 is 11.6 Å². The molecule has 3 rings (SSSR count). The molecular formula is C18H11ClF3NO. The molecule has 24 heavy (non-hydrogen) atoms. The Labute approximate surface area is 140 Å². The molecule has 0 radical (unpaired) electrons. The Morgan fingerprint density at radius 1 is 0.958 bits per heavy atom. The van der Waals surface area contributed by atoms with Crippen LogP contribution in [0, 0.1) is 0 Å². The number of anilines is 1. The summed E-state index contributed by atoms with van der Waals surface area (Å²) in [5.74, 6) is -0.520. The van der Waals surface area contributed by atoms with Gasteiger partial charge in [-0.2, -0.15) is 13.2 Å². The molecule has 1 N–H and O–H groups in total. The Morgan fingerprint density at radius 3 is 2.42 bits per heavy atom. The quantitative estimate of drug-likeness (QED) is 0.625. The van der Waals surface area contributed by atoms with Gasteiger partial charge in [0.25, 0.3) is 5.91 Å². The van der Waals surface area contributed by atoms with Crippen LogP contribution in [0.3, 0.4) is 0 Å². The summed E-state index contributed by atoms with van der Waals surface area (Å²) < 4.78 is 38.4. The van der Waals surface area contributed by atoms with E-state index in [2.05, 4.69) is 5.32 Å². The second-order valence-corrected chi connectivity index (χ2v) is 5.58. The lowest BCUT2D eigenvalue weighted by atomic mass is 10.0. The lowest BCUT2D eigenvalue weighted by Crippen LogP contribution is -2.14. The number of alkyl halides is 3. The maximum absolute atomic E-state index is 12.8. The van der Waals surface area contributed by atoms with Crippen LogP contribution in [0.4, 0.5) is 18.9 Å². The van der Waals surface area contributed by atoms with E-state index in [1.165, 1.54) is 0 Å². The second-order valence-electron chi connectivity index (χ2n) is 5.17. The largest absolute Gasteiger partial charge is 0.416 e. The molecule has 0 aliphatic heterocycles. The van der Waals surface area contributed by atoms with Gasteiger partial charge < -0.3 is 5.32 Å². The lowest BCUT2D eigenvalue weighted by molar-refractivity contribution is -0.137. The minimum Gasteiger partial charge on any atom is -0.321 e. The van der Waals surface area contributed by atoms with Crippen molar-refractivity contribution in [3.8, 4) is 0 Å². The number of hydrogen-bond acceptors (Lipinski definition) is 1. The van der Waals surface area contributed by atoms with Crippen molar-refractivity contribution in [2.75, 3.05) is 5.32 Å². The molecule has 0 saturated carbocycles. The van der Waals surface area contributed by atoms with Crippen molar-refractivity contribution >= 4 is 34.0 Å². The molecule has 2 nitrogen and oxygen atoms in total. The smallest absolute Gasteiger partial charge is 0.321 e. The van der Waals surface area contributed by atoms with E-state index in [4.69, 9.17) is 11.6 Å². The van der Waals surface area contributed by atoms with Crippen LogP contribution in [0.2, 0.25) is 5.02 Å². The Hall–Kier alpha value is -2.53. The molecular weight excluding hydrogens is 339 g/mol. The molecule has 0 spiro atoms. The van der Waals surface area contributed by atoms with Gasteiger partial charge in [0.05, 0.1) is 16.3 Å². The third-order valence-corrected chi connectivity index (χ3v) is 3.91. The Bertz CT molecular complexity index is 916. The van der Waals surface area contributed by atoms with Crippen LogP contribution in [0.1, 0.15) is 15.9 Å². The first-order valence-electron chi connectivity index (χ1n) is 7.02. The Morgan fingerprint density at radius 2 is 1.67 bits per heavy atom. The molecule has 0 aliphatic carbocycles. The number of fused-ring (bicyclic) bond motifs is 1. The summed E-state index contributed by atoms with van der Waals surface area (Å²) in [6.07, 6.45) is -4.51. The summed E-state index contributed by atoms with van der Waals surface area (Å²) in [5.41, 5.74) is -0.592. The molecule has 122 valence electrons. The molecule has 0 aromatic heterocycles. The van der Waals surface area contributed by atoms with Crippen molar-refractivity contribution in [2.24, 2.45) is 0 Å². The van der Waals surface area contributed by atoms with E-state index < -0.39 is 17.6 Å². The number of nitrogens with one attached hydrogen (secondary N) is 1. The van der Waals surface area contributed by atoms with E-state index in [-0.39, 0.29) is 10.7 Å². The molecule has 0 unspecified atom stereocenters. The van der Waals surface area contributed by atoms with Gasteiger partial charge in [0.2, 0.25) is 0 Å². The zero-order valence-corrected chi connectivity index (χ0v) is 12.9. The summed E-state index contributed by atoms with van der Waals surface area (Å²) >= 11 is 5.91. The van der Waals surface area contributed by atoms with E-state index in [9.17, 15) is 18.0 Å². The minimum atomic E-state index is -4.51. The van der Waals surface area contributed by atoms with Crippen LogP contribution in [-0.4, -0.2) is 5.91 Å². The SMILES string of the molecule is O=C(Nc1cc(C(F)(F)F)ccc1Cl)c1cccc2ccccc12. The van der Waals surface area contributed by atoms with E-state index >= 15 is 0 Å². The summed E-state index contributed by atoms with van der Waals surface area (Å²) in [4.78, 5) is 12.5. The number of hydrogen-bond donors (Lipinski definition) is 1. The highest BCUT2D eigenvalue weighted by atomic mass is 35.5. The Balaban J connectivity index is 1.98. The van der Waals surface area contributed by atoms with E-state index in [1.54, 1.807) is 24.3 Å². The molecule has 0 fully saturated rings. The average molecular weight is 350 g/mol. The van der Waals surface area contributed by atoms with Crippen LogP contribution in [0.15, 0.2) is 60.7 Å². The molecule has 0 atom stereocenters. The van der Waals surface area contributed by atoms with Crippen molar-refractivity contribution in [1.29, 1.82) is 0 Å². The number of carbonyl (C=O) groups is 1. The molecule has 0 heterocycles. The maximum Gasteiger partial charge on any atom is 0.416 e. The van der Waals surface area contributed by atoms with Crippen LogP contribution in [-0.2, 0) is 6.18 Å². The topological polar surface area (TPSA) is 29.1 Å². The first-order valence-corrected chi connectivity index (χ1v) is 7.40. The summed E-state index contributed by atoms with van der Waals surface area (Å²) in [6.45, 7) is 0. The van der Waals surface area contributed by atoms with Crippen LogP contribution in [0.25, 0.3) is 10.8 Å². The monoisotopic (exact) mass is 349 g/mol. The molecule has 0 bridgehead atoms. The van der Waals surface area contributed by atoms with E-state index in [0.717, 1.165) is 23.6 Å². The van der Waals surface area contributed by atoms with E-state index in [1.807, 2.05) is 18.2 Å². The number of halogens is 4. The number of carbonyl (C=O) groups excluding carboxylic acids is 1. The Kier molecular flexibility index (Phi) is 4.20. The molecule has 0 saturated heterocycles. The highest BCUT2D eigenvalue weighted by molar-refractivity contribution is 6.34. The first kappa shape index (κ1) is 16.3. The molecule has 6 heteroatoms. The van der Waals surface area contributed by atoms with Gasteiger partial charge in [-0.15, -0.1) is 0 Å². The van der Waals surface area contributed by atoms with Gasteiger partial charge in [-0.3, -0.25) is 4.79 Å². The van der Waals surface area contributed by atoms with Gasteiger partial charge in [-0.25, -0.2) is 0 Å². The molecule has 1 amide bonds. The van der Waals surface area contributed by atoms with Gasteiger partial charge in [-0.1, -0.05) is 48.0 Å². The number of rotatable bonds is 2. The first-order chi connectivity index (χ1) is 11.4. The molecule has 0 aliphatic rings. The van der Waals surface area contributed by atoms with E-state index in [0.29, 0.717) is 10.9 Å². The van der Waals surface area contributed by atoms with Crippen molar-refractivity contribution in [1.82, 2.24) is 0 Å². The highest BCUT2D eigenvalue weighted by Crippen LogP contribution is 2.34. The fourth-order valence-corrected chi connectivity index (χ4v) is 2.58. The normalized spacial score (nSPS) is 11.5. The third-order valence-electron chi connectivity index (χ3n) is 3.58. The maximum atomic E-state index is 12.8. The highest BCUT2D eigenvalue weighted by Gasteiger charge is 2.31. The third kappa shape index (κ3) is 3.21. The standard InChI is InChI=1S/C18H11ClF3NO/c19-15-9-8-12(18(20,21)22)10-16(15)23-17(24)14-7-3-5-11-4-1-2-6-13(11)14/h1-10H,(H,23,24). The fourth-order valence-electron chi connectivity index (χ4n) is 2.41. The van der Waals surface area contributed by atoms with Crippen LogP contribution < -0.4 is 5.32 Å². The molecule has 3 aromatic rings. The van der Waals surface area contributed by atoms with Crippen LogP contribution in [0.5, 0.6) is 0 Å². The average Bonchev–Trinajstić information content (AvgIpc) is 2.55. The van der Waals surface area contributed by atoms with Crippen molar-refractivity contribution in [3.05, 3.63) is 76.8 Å².